The summed E-state index contributed by atoms with van der Waals surface area (Å²) in [6, 6.07) is 2.18. The van der Waals surface area contributed by atoms with Crippen LogP contribution in [0.25, 0.3) is 0 Å². The average Bonchev–Trinajstić information content (AvgIpc) is 2.71. The third-order valence-corrected chi connectivity index (χ3v) is 4.57. The summed E-state index contributed by atoms with van der Waals surface area (Å²) in [5.74, 6) is 0. The summed E-state index contributed by atoms with van der Waals surface area (Å²) in [5.41, 5.74) is 1.39. The Balaban J connectivity index is 2.08. The van der Waals surface area contributed by atoms with Crippen LogP contribution in [0.15, 0.2) is 11.4 Å². The van der Waals surface area contributed by atoms with E-state index in [4.69, 9.17) is 4.74 Å². The highest BCUT2D eigenvalue weighted by molar-refractivity contribution is 14.1. The fraction of sp³-hybridized carbons (Fsp3) is 0.600. The van der Waals surface area contributed by atoms with Gasteiger partial charge in [-0.3, -0.25) is 0 Å². The smallest absolute Gasteiger partial charge is 0.0924 e. The minimum Gasteiger partial charge on any atom is -0.369 e. The molecule has 0 N–H and O–H groups in total. The molecule has 0 saturated carbocycles. The SMILES string of the molecule is Cc1ccsc1C1CCC(CI)O1. The summed E-state index contributed by atoms with van der Waals surface area (Å²) < 4.78 is 7.06. The van der Waals surface area contributed by atoms with Crippen molar-refractivity contribution in [1.82, 2.24) is 0 Å². The Hall–Kier alpha value is 0.390. The molecule has 2 unspecified atom stereocenters. The maximum atomic E-state index is 5.94. The molecule has 1 aliphatic rings. The molecule has 0 aliphatic carbocycles. The van der Waals surface area contributed by atoms with Crippen LogP contribution >= 0.6 is 33.9 Å². The van der Waals surface area contributed by atoms with E-state index in [0.717, 1.165) is 4.43 Å². The lowest BCUT2D eigenvalue weighted by Crippen LogP contribution is -2.06. The first-order chi connectivity index (χ1) is 6.31. The first-order valence-corrected chi connectivity index (χ1v) is 6.97. The molecule has 0 spiro atoms. The van der Waals surface area contributed by atoms with Gasteiger partial charge in [0.05, 0.1) is 12.2 Å². The van der Waals surface area contributed by atoms with E-state index >= 15 is 0 Å². The van der Waals surface area contributed by atoms with Crippen LogP contribution in [0.5, 0.6) is 0 Å². The zero-order chi connectivity index (χ0) is 9.26. The van der Waals surface area contributed by atoms with Crippen LogP contribution in [0.1, 0.15) is 29.4 Å². The zero-order valence-corrected chi connectivity index (χ0v) is 10.6. The second kappa shape index (κ2) is 4.28. The summed E-state index contributed by atoms with van der Waals surface area (Å²) in [7, 11) is 0. The van der Waals surface area contributed by atoms with Crippen molar-refractivity contribution in [3.63, 3.8) is 0 Å². The molecule has 3 heteroatoms. The van der Waals surface area contributed by atoms with Crippen molar-refractivity contribution in [2.75, 3.05) is 4.43 Å². The predicted molar refractivity (Wildman–Crippen MR) is 64.8 cm³/mol. The van der Waals surface area contributed by atoms with Gasteiger partial charge in [-0.1, -0.05) is 22.6 Å². The molecule has 1 nitrogen and oxygen atoms in total. The Bertz CT molecular complexity index is 284. The number of hydrogen-bond acceptors (Lipinski definition) is 2. The summed E-state index contributed by atoms with van der Waals surface area (Å²) in [5, 5.41) is 2.16. The molecule has 2 heterocycles. The maximum absolute atomic E-state index is 5.94. The van der Waals surface area contributed by atoms with Gasteiger partial charge in [0.25, 0.3) is 0 Å². The molecule has 72 valence electrons. The topological polar surface area (TPSA) is 9.23 Å². The molecular formula is C10H13IOS. The fourth-order valence-corrected chi connectivity index (χ4v) is 3.37. The molecule has 1 aliphatic heterocycles. The molecule has 13 heavy (non-hydrogen) atoms. The van der Waals surface area contributed by atoms with Gasteiger partial charge in [-0.2, -0.15) is 0 Å². The van der Waals surface area contributed by atoms with Crippen LogP contribution in [0.3, 0.4) is 0 Å². The summed E-state index contributed by atoms with van der Waals surface area (Å²) in [4.78, 5) is 1.44. The lowest BCUT2D eigenvalue weighted by Gasteiger charge is -2.11. The molecule has 1 saturated heterocycles. The van der Waals surface area contributed by atoms with Crippen molar-refractivity contribution in [2.45, 2.75) is 32.0 Å². The van der Waals surface area contributed by atoms with Crippen LogP contribution in [0.2, 0.25) is 0 Å². The van der Waals surface area contributed by atoms with Crippen molar-refractivity contribution in [3.05, 3.63) is 21.9 Å². The predicted octanol–water partition coefficient (Wildman–Crippen LogP) is 3.71. The van der Waals surface area contributed by atoms with E-state index in [-0.39, 0.29) is 0 Å². The summed E-state index contributed by atoms with van der Waals surface area (Å²) in [6.45, 7) is 2.17. The normalized spacial score (nSPS) is 28.2. The van der Waals surface area contributed by atoms with E-state index in [1.165, 1.54) is 23.3 Å². The summed E-state index contributed by atoms with van der Waals surface area (Å²) >= 11 is 4.24. The summed E-state index contributed by atoms with van der Waals surface area (Å²) in [6.07, 6.45) is 3.31. The standard InChI is InChI=1S/C10H13IOS/c1-7-4-5-13-10(7)9-3-2-8(6-11)12-9/h4-5,8-9H,2-3,6H2,1H3. The Morgan fingerprint density at radius 3 is 3.00 bits per heavy atom. The van der Waals surface area contributed by atoms with E-state index in [1.807, 2.05) is 11.3 Å². The Labute approximate surface area is 96.6 Å². The average molecular weight is 308 g/mol. The van der Waals surface area contributed by atoms with Crippen molar-refractivity contribution in [1.29, 1.82) is 0 Å². The van der Waals surface area contributed by atoms with E-state index in [1.54, 1.807) is 0 Å². The van der Waals surface area contributed by atoms with Crippen LogP contribution < -0.4 is 0 Å². The number of thiophene rings is 1. The van der Waals surface area contributed by atoms with E-state index in [9.17, 15) is 0 Å². The van der Waals surface area contributed by atoms with Gasteiger partial charge in [0.15, 0.2) is 0 Å². The molecule has 1 fully saturated rings. The minimum absolute atomic E-state index is 0.389. The molecule has 1 aromatic rings. The highest BCUT2D eigenvalue weighted by Gasteiger charge is 2.27. The molecule has 0 amide bonds. The molecule has 2 rings (SSSR count). The Morgan fingerprint density at radius 2 is 2.46 bits per heavy atom. The first-order valence-electron chi connectivity index (χ1n) is 4.56. The molecule has 0 radical (unpaired) electrons. The third-order valence-electron chi connectivity index (χ3n) is 2.47. The van der Waals surface area contributed by atoms with Crippen LogP contribution in [-0.4, -0.2) is 10.5 Å². The van der Waals surface area contributed by atoms with E-state index in [0.29, 0.717) is 12.2 Å². The fourth-order valence-electron chi connectivity index (χ4n) is 1.73. The Morgan fingerprint density at radius 1 is 1.62 bits per heavy atom. The quantitative estimate of drug-likeness (QED) is 0.598. The molecule has 1 aromatic heterocycles. The lowest BCUT2D eigenvalue weighted by atomic mass is 10.1. The monoisotopic (exact) mass is 308 g/mol. The van der Waals surface area contributed by atoms with Gasteiger partial charge in [-0.15, -0.1) is 11.3 Å². The first kappa shape index (κ1) is 9.93. The van der Waals surface area contributed by atoms with Crippen molar-refractivity contribution >= 4 is 33.9 Å². The van der Waals surface area contributed by atoms with Crippen LogP contribution in [-0.2, 0) is 4.74 Å². The second-order valence-electron chi connectivity index (χ2n) is 3.45. The van der Waals surface area contributed by atoms with Gasteiger partial charge < -0.3 is 4.74 Å². The number of ether oxygens (including phenoxy) is 1. The van der Waals surface area contributed by atoms with Crippen molar-refractivity contribution in [2.24, 2.45) is 0 Å². The number of hydrogen-bond donors (Lipinski definition) is 0. The van der Waals surface area contributed by atoms with Crippen LogP contribution in [0.4, 0.5) is 0 Å². The number of aryl methyl sites for hydroxylation is 1. The number of alkyl halides is 1. The van der Waals surface area contributed by atoms with Gasteiger partial charge in [0.2, 0.25) is 0 Å². The molecular weight excluding hydrogens is 295 g/mol. The van der Waals surface area contributed by atoms with Gasteiger partial charge in [0.1, 0.15) is 0 Å². The third kappa shape index (κ3) is 2.07. The van der Waals surface area contributed by atoms with E-state index < -0.39 is 0 Å². The van der Waals surface area contributed by atoms with Gasteiger partial charge in [-0.25, -0.2) is 0 Å². The van der Waals surface area contributed by atoms with Crippen LogP contribution in [0, 0.1) is 6.92 Å². The number of rotatable bonds is 2. The van der Waals surface area contributed by atoms with Gasteiger partial charge in [-0.05, 0) is 36.8 Å². The van der Waals surface area contributed by atoms with Gasteiger partial charge >= 0.3 is 0 Å². The second-order valence-corrected chi connectivity index (χ2v) is 5.27. The van der Waals surface area contributed by atoms with Crippen molar-refractivity contribution in [3.8, 4) is 0 Å². The minimum atomic E-state index is 0.389. The highest BCUT2D eigenvalue weighted by atomic mass is 127. The number of halogens is 1. The highest BCUT2D eigenvalue weighted by Crippen LogP contribution is 2.37. The Kier molecular flexibility index (Phi) is 3.26. The maximum Gasteiger partial charge on any atom is 0.0924 e. The van der Waals surface area contributed by atoms with Crippen molar-refractivity contribution < 1.29 is 4.74 Å². The largest absolute Gasteiger partial charge is 0.369 e. The molecule has 0 bridgehead atoms. The van der Waals surface area contributed by atoms with E-state index in [2.05, 4.69) is 41.0 Å². The molecule has 0 aromatic carbocycles. The lowest BCUT2D eigenvalue weighted by molar-refractivity contribution is 0.0616. The van der Waals surface area contributed by atoms with Gasteiger partial charge in [0, 0.05) is 9.30 Å². The zero-order valence-electron chi connectivity index (χ0n) is 7.63. The molecule has 2 atom stereocenters.